The van der Waals surface area contributed by atoms with Crippen LogP contribution in [0.2, 0.25) is 0 Å². The lowest BCUT2D eigenvalue weighted by molar-refractivity contribution is -0.188. The molecule has 2 atom stereocenters. The molecule has 0 aliphatic carbocycles. The number of carbonyl (C=O) groups is 3. The third-order valence-electron chi connectivity index (χ3n) is 5.43. The van der Waals surface area contributed by atoms with E-state index < -0.39 is 24.1 Å². The molecule has 1 aliphatic heterocycles. The molecule has 2 N–H and O–H groups in total. The number of pyridine rings is 1. The van der Waals surface area contributed by atoms with E-state index >= 15 is 0 Å². The van der Waals surface area contributed by atoms with Gasteiger partial charge in [-0.15, -0.1) is 0 Å². The van der Waals surface area contributed by atoms with Gasteiger partial charge in [-0.05, 0) is 43.5 Å². The van der Waals surface area contributed by atoms with E-state index in [0.29, 0.717) is 17.9 Å². The lowest BCUT2D eigenvalue weighted by Crippen LogP contribution is -2.47. The van der Waals surface area contributed by atoms with Crippen LogP contribution in [-0.4, -0.2) is 58.5 Å². The van der Waals surface area contributed by atoms with Crippen LogP contribution in [0.15, 0.2) is 48.7 Å². The standard InChI is InChI=1S/C13H14F3N3O3.C11H14O/c14-13(15,16)12(22)19(10-2-3-17-6-10)7-9-5-8(11(20)21)1-4-18-9;1-2-10(9-12)8-11-6-4-3-5-7-11/h1,4-5,10,17H,2-3,6-7H2,(H,20,21);3-7,9-10H,2,8H2,1H3/t10-;/m1./s1. The molecule has 0 saturated carbocycles. The monoisotopic (exact) mass is 479 g/mol. The second-order valence-corrected chi connectivity index (χ2v) is 7.91. The maximum Gasteiger partial charge on any atom is 0.471 e. The zero-order valence-electron chi connectivity index (χ0n) is 18.8. The molecule has 1 saturated heterocycles. The average Bonchev–Trinajstić information content (AvgIpc) is 3.36. The molecule has 184 valence electrons. The van der Waals surface area contributed by atoms with Crippen molar-refractivity contribution in [3.63, 3.8) is 0 Å². The normalized spacial score (nSPS) is 16.2. The van der Waals surface area contributed by atoms with Crippen molar-refractivity contribution in [1.82, 2.24) is 15.2 Å². The molecular weight excluding hydrogens is 451 g/mol. The fourth-order valence-electron chi connectivity index (χ4n) is 3.51. The van der Waals surface area contributed by atoms with Gasteiger partial charge in [-0.25, -0.2) is 4.79 Å². The highest BCUT2D eigenvalue weighted by Crippen LogP contribution is 2.23. The quantitative estimate of drug-likeness (QED) is 0.563. The highest BCUT2D eigenvalue weighted by atomic mass is 19.4. The molecule has 0 bridgehead atoms. The smallest absolute Gasteiger partial charge is 0.471 e. The van der Waals surface area contributed by atoms with E-state index in [2.05, 4.69) is 22.4 Å². The number of alkyl halides is 3. The molecule has 0 radical (unpaired) electrons. The molecular formula is C24H28F3N3O4. The molecule has 7 nitrogen and oxygen atoms in total. The van der Waals surface area contributed by atoms with Gasteiger partial charge in [0.05, 0.1) is 17.8 Å². The van der Waals surface area contributed by atoms with E-state index in [1.54, 1.807) is 0 Å². The first-order chi connectivity index (χ1) is 16.2. The van der Waals surface area contributed by atoms with Crippen molar-refractivity contribution in [1.29, 1.82) is 0 Å². The zero-order valence-corrected chi connectivity index (χ0v) is 18.8. The van der Waals surface area contributed by atoms with Gasteiger partial charge in [0.15, 0.2) is 0 Å². The topological polar surface area (TPSA) is 99.6 Å². The van der Waals surface area contributed by atoms with Crippen LogP contribution in [0.1, 0.15) is 41.4 Å². The zero-order chi connectivity index (χ0) is 25.1. The summed E-state index contributed by atoms with van der Waals surface area (Å²) in [5.41, 5.74) is 1.26. The minimum Gasteiger partial charge on any atom is -0.478 e. The maximum absolute atomic E-state index is 12.7. The van der Waals surface area contributed by atoms with Crippen LogP contribution >= 0.6 is 0 Å². The van der Waals surface area contributed by atoms with Crippen molar-refractivity contribution in [2.24, 2.45) is 5.92 Å². The van der Waals surface area contributed by atoms with Gasteiger partial charge in [-0.3, -0.25) is 9.78 Å². The SMILES string of the molecule is CCC(C=O)Cc1ccccc1.O=C(O)c1ccnc(CN(C(=O)C(F)(F)F)[C@@H]2CCNC2)c1. The second-order valence-electron chi connectivity index (χ2n) is 7.91. The first-order valence-corrected chi connectivity index (χ1v) is 10.9. The van der Waals surface area contributed by atoms with Crippen molar-refractivity contribution in [3.8, 4) is 0 Å². The van der Waals surface area contributed by atoms with E-state index in [1.807, 2.05) is 25.1 Å². The maximum atomic E-state index is 12.7. The van der Waals surface area contributed by atoms with Gasteiger partial charge in [0.25, 0.3) is 0 Å². The van der Waals surface area contributed by atoms with Crippen molar-refractivity contribution in [3.05, 3.63) is 65.5 Å². The first kappa shape index (κ1) is 27.0. The molecule has 34 heavy (non-hydrogen) atoms. The molecule has 0 spiro atoms. The lowest BCUT2D eigenvalue weighted by atomic mass is 9.99. The number of rotatable bonds is 8. The molecule has 1 amide bonds. The van der Waals surface area contributed by atoms with Gasteiger partial charge in [0.1, 0.15) is 6.29 Å². The van der Waals surface area contributed by atoms with Crippen LogP contribution in [0.3, 0.4) is 0 Å². The molecule has 1 aromatic carbocycles. The van der Waals surface area contributed by atoms with Gasteiger partial charge in [0.2, 0.25) is 0 Å². The van der Waals surface area contributed by atoms with Crippen LogP contribution in [-0.2, 0) is 22.6 Å². The highest BCUT2D eigenvalue weighted by Gasteiger charge is 2.45. The highest BCUT2D eigenvalue weighted by molar-refractivity contribution is 5.87. The van der Waals surface area contributed by atoms with Crippen LogP contribution in [0, 0.1) is 5.92 Å². The second kappa shape index (κ2) is 12.8. The first-order valence-electron chi connectivity index (χ1n) is 10.9. The number of benzene rings is 1. The predicted molar refractivity (Wildman–Crippen MR) is 119 cm³/mol. The number of nitrogens with zero attached hydrogens (tertiary/aromatic N) is 2. The summed E-state index contributed by atoms with van der Waals surface area (Å²) in [6.07, 6.45) is -0.526. The summed E-state index contributed by atoms with van der Waals surface area (Å²) in [5, 5.41) is 11.8. The Morgan fingerprint density at radius 2 is 1.97 bits per heavy atom. The van der Waals surface area contributed by atoms with E-state index in [4.69, 9.17) is 5.11 Å². The van der Waals surface area contributed by atoms with Crippen molar-refractivity contribution in [2.45, 2.75) is 44.9 Å². The summed E-state index contributed by atoms with van der Waals surface area (Å²) in [6, 6.07) is 11.9. The number of carbonyl (C=O) groups excluding carboxylic acids is 2. The van der Waals surface area contributed by atoms with Crippen molar-refractivity contribution >= 4 is 18.2 Å². The van der Waals surface area contributed by atoms with E-state index in [-0.39, 0.29) is 30.3 Å². The molecule has 3 rings (SSSR count). The summed E-state index contributed by atoms with van der Waals surface area (Å²) < 4.78 is 38.2. The van der Waals surface area contributed by atoms with Gasteiger partial charge >= 0.3 is 18.1 Å². The Morgan fingerprint density at radius 3 is 2.50 bits per heavy atom. The van der Waals surface area contributed by atoms with Gasteiger partial charge in [0, 0.05) is 24.7 Å². The number of aromatic nitrogens is 1. The largest absolute Gasteiger partial charge is 0.478 e. The molecule has 1 aliphatic rings. The Hall–Kier alpha value is -3.27. The number of amides is 1. The summed E-state index contributed by atoms with van der Waals surface area (Å²) >= 11 is 0. The average molecular weight is 479 g/mol. The summed E-state index contributed by atoms with van der Waals surface area (Å²) in [6.45, 7) is 2.45. The summed E-state index contributed by atoms with van der Waals surface area (Å²) in [7, 11) is 0. The number of aromatic carboxylic acids is 1. The van der Waals surface area contributed by atoms with E-state index in [9.17, 15) is 27.6 Å². The number of carboxylic acid groups (broad SMARTS) is 1. The number of hydrogen-bond donors (Lipinski definition) is 2. The number of carboxylic acids is 1. The Bertz CT molecular complexity index is 948. The molecule has 1 unspecified atom stereocenters. The summed E-state index contributed by atoms with van der Waals surface area (Å²) in [5.74, 6) is -2.96. The van der Waals surface area contributed by atoms with Gasteiger partial charge < -0.3 is 20.1 Å². The number of hydrogen-bond acceptors (Lipinski definition) is 5. The number of halogens is 3. The minimum absolute atomic E-state index is 0.0889. The van der Waals surface area contributed by atoms with Crippen LogP contribution in [0.4, 0.5) is 13.2 Å². The van der Waals surface area contributed by atoms with Gasteiger partial charge in [-0.1, -0.05) is 37.3 Å². The Morgan fingerprint density at radius 1 is 1.26 bits per heavy atom. The van der Waals surface area contributed by atoms with Crippen LogP contribution < -0.4 is 5.32 Å². The molecule has 1 aromatic heterocycles. The third kappa shape index (κ3) is 8.26. The molecule has 2 heterocycles. The van der Waals surface area contributed by atoms with Crippen molar-refractivity contribution in [2.75, 3.05) is 13.1 Å². The third-order valence-corrected chi connectivity index (χ3v) is 5.43. The van der Waals surface area contributed by atoms with Crippen LogP contribution in [0.5, 0.6) is 0 Å². The van der Waals surface area contributed by atoms with Crippen molar-refractivity contribution < 1.29 is 32.7 Å². The molecule has 1 fully saturated rings. The Balaban J connectivity index is 0.000000287. The Labute approximate surface area is 196 Å². The predicted octanol–water partition coefficient (Wildman–Crippen LogP) is 3.49. The Kier molecular flexibility index (Phi) is 10.2. The lowest BCUT2D eigenvalue weighted by Gasteiger charge is -2.29. The summed E-state index contributed by atoms with van der Waals surface area (Å²) in [4.78, 5) is 37.6. The number of aldehydes is 1. The van der Waals surface area contributed by atoms with E-state index in [1.165, 1.54) is 23.9 Å². The van der Waals surface area contributed by atoms with Gasteiger partial charge in [-0.2, -0.15) is 13.2 Å². The fourth-order valence-corrected chi connectivity index (χ4v) is 3.51. The van der Waals surface area contributed by atoms with Crippen LogP contribution in [0.25, 0.3) is 0 Å². The molecule has 10 heteroatoms. The number of nitrogens with one attached hydrogen (secondary N) is 1. The fraction of sp³-hybridized carbons (Fsp3) is 0.417. The minimum atomic E-state index is -4.98. The van der Waals surface area contributed by atoms with E-state index in [0.717, 1.165) is 19.1 Å². The molecule has 2 aromatic rings.